The Hall–Kier alpha value is -3.23. The fourth-order valence-corrected chi connectivity index (χ4v) is 2.91. The van der Waals surface area contributed by atoms with Crippen LogP contribution in [-0.4, -0.2) is 57.6 Å². The second kappa shape index (κ2) is 9.63. The lowest BCUT2D eigenvalue weighted by atomic mass is 10.1. The van der Waals surface area contributed by atoms with Crippen LogP contribution >= 0.6 is 0 Å². The number of carbonyl (C=O) groups excluding carboxylic acids is 2. The van der Waals surface area contributed by atoms with E-state index in [1.54, 1.807) is 24.2 Å². The minimum absolute atomic E-state index is 0.177. The van der Waals surface area contributed by atoms with Gasteiger partial charge in [-0.2, -0.15) is 0 Å². The van der Waals surface area contributed by atoms with E-state index >= 15 is 0 Å². The zero-order valence-corrected chi connectivity index (χ0v) is 15.8. The summed E-state index contributed by atoms with van der Waals surface area (Å²) in [5, 5.41) is 6.07. The van der Waals surface area contributed by atoms with Crippen molar-refractivity contribution in [2.24, 2.45) is 0 Å². The molecular formula is C19H24N6O3. The van der Waals surface area contributed by atoms with E-state index in [0.29, 0.717) is 37.8 Å². The van der Waals surface area contributed by atoms with Crippen LogP contribution in [0.2, 0.25) is 0 Å². The van der Waals surface area contributed by atoms with E-state index in [-0.39, 0.29) is 18.0 Å². The summed E-state index contributed by atoms with van der Waals surface area (Å²) in [5.41, 5.74) is 1.32. The summed E-state index contributed by atoms with van der Waals surface area (Å²) in [6.45, 7) is 3.84. The van der Waals surface area contributed by atoms with Crippen LogP contribution < -0.4 is 10.6 Å². The summed E-state index contributed by atoms with van der Waals surface area (Å²) in [7, 11) is 0. The van der Waals surface area contributed by atoms with Crippen molar-refractivity contribution in [2.75, 3.05) is 25.0 Å². The Kier molecular flexibility index (Phi) is 6.72. The van der Waals surface area contributed by atoms with Gasteiger partial charge in [0.1, 0.15) is 0 Å². The first-order valence-electron chi connectivity index (χ1n) is 9.33. The Morgan fingerprint density at radius 2 is 1.96 bits per heavy atom. The van der Waals surface area contributed by atoms with Crippen LogP contribution in [0.4, 0.5) is 10.7 Å². The molecule has 9 nitrogen and oxygen atoms in total. The minimum Gasteiger partial charge on any atom is -0.450 e. The molecule has 2 N–H and O–H groups in total. The van der Waals surface area contributed by atoms with Gasteiger partial charge in [0.2, 0.25) is 5.95 Å². The van der Waals surface area contributed by atoms with E-state index in [1.165, 1.54) is 12.4 Å². The zero-order valence-electron chi connectivity index (χ0n) is 15.8. The molecule has 2 aromatic heterocycles. The predicted octanol–water partition coefficient (Wildman–Crippen LogP) is 1.83. The maximum atomic E-state index is 12.2. The molecule has 0 unspecified atom stereocenters. The standard InChI is InChI=1S/C19H24N6O3/c1-2-28-19(27)25-8-5-16(6-9-25)24-18-22-12-15(13-23-18)17(26)21-11-14-4-3-7-20-10-14/h3-4,7,10,12-13,16H,2,5-6,8-9,11H2,1H3,(H,21,26)(H,22,23,24). The van der Waals surface area contributed by atoms with Gasteiger partial charge in [-0.05, 0) is 31.4 Å². The number of rotatable bonds is 6. The topological polar surface area (TPSA) is 109 Å². The van der Waals surface area contributed by atoms with Crippen LogP contribution in [0.5, 0.6) is 0 Å². The van der Waals surface area contributed by atoms with Crippen LogP contribution in [0.3, 0.4) is 0 Å². The Morgan fingerprint density at radius 3 is 2.61 bits per heavy atom. The molecule has 0 atom stereocenters. The van der Waals surface area contributed by atoms with Crippen molar-refractivity contribution < 1.29 is 14.3 Å². The monoisotopic (exact) mass is 384 g/mol. The molecule has 9 heteroatoms. The minimum atomic E-state index is -0.265. The highest BCUT2D eigenvalue weighted by molar-refractivity contribution is 5.93. The van der Waals surface area contributed by atoms with Crippen molar-refractivity contribution in [3.63, 3.8) is 0 Å². The number of nitrogens with one attached hydrogen (secondary N) is 2. The van der Waals surface area contributed by atoms with Gasteiger partial charge in [-0.25, -0.2) is 14.8 Å². The number of pyridine rings is 1. The molecule has 1 aliphatic heterocycles. The fourth-order valence-electron chi connectivity index (χ4n) is 2.91. The number of aromatic nitrogens is 3. The van der Waals surface area contributed by atoms with Crippen LogP contribution in [0.25, 0.3) is 0 Å². The van der Waals surface area contributed by atoms with Crippen molar-refractivity contribution in [1.29, 1.82) is 0 Å². The lowest BCUT2D eigenvalue weighted by Crippen LogP contribution is -2.42. The number of anilines is 1. The number of hydrogen-bond acceptors (Lipinski definition) is 7. The maximum absolute atomic E-state index is 12.2. The highest BCUT2D eigenvalue weighted by atomic mass is 16.6. The third-order valence-corrected chi connectivity index (χ3v) is 4.44. The second-order valence-electron chi connectivity index (χ2n) is 6.44. The summed E-state index contributed by atoms with van der Waals surface area (Å²) in [6.07, 6.45) is 7.70. The molecule has 1 fully saturated rings. The van der Waals surface area contributed by atoms with Crippen molar-refractivity contribution >= 4 is 17.9 Å². The van der Waals surface area contributed by atoms with Crippen molar-refractivity contribution in [2.45, 2.75) is 32.4 Å². The summed E-state index contributed by atoms with van der Waals surface area (Å²) in [4.78, 5) is 38.1. The Bertz CT molecular complexity index is 776. The van der Waals surface area contributed by atoms with E-state index in [1.807, 2.05) is 12.1 Å². The summed E-state index contributed by atoms with van der Waals surface area (Å²) in [5.74, 6) is 0.233. The molecule has 2 aromatic rings. The Balaban J connectivity index is 1.45. The van der Waals surface area contributed by atoms with Gasteiger partial charge in [-0.1, -0.05) is 6.07 Å². The lowest BCUT2D eigenvalue weighted by Gasteiger charge is -2.31. The Morgan fingerprint density at radius 1 is 1.21 bits per heavy atom. The number of carbonyl (C=O) groups is 2. The van der Waals surface area contributed by atoms with Gasteiger partial charge in [0.15, 0.2) is 0 Å². The summed E-state index contributed by atoms with van der Waals surface area (Å²) in [6, 6.07) is 3.89. The third kappa shape index (κ3) is 5.38. The van der Waals surface area contributed by atoms with Crippen molar-refractivity contribution in [3.05, 3.63) is 48.0 Å². The number of piperidine rings is 1. The van der Waals surface area contributed by atoms with Crippen LogP contribution in [0.1, 0.15) is 35.7 Å². The van der Waals surface area contributed by atoms with Crippen LogP contribution in [0.15, 0.2) is 36.9 Å². The normalized spacial score (nSPS) is 14.4. The molecule has 0 spiro atoms. The molecule has 148 valence electrons. The molecule has 0 saturated carbocycles. The van der Waals surface area contributed by atoms with Gasteiger partial charge in [0, 0.05) is 50.5 Å². The van der Waals surface area contributed by atoms with E-state index in [0.717, 1.165) is 18.4 Å². The van der Waals surface area contributed by atoms with Crippen molar-refractivity contribution in [1.82, 2.24) is 25.2 Å². The lowest BCUT2D eigenvalue weighted by molar-refractivity contribution is 0.0949. The van der Waals surface area contributed by atoms with Crippen LogP contribution in [-0.2, 0) is 11.3 Å². The van der Waals surface area contributed by atoms with Gasteiger partial charge in [0.05, 0.1) is 12.2 Å². The largest absolute Gasteiger partial charge is 0.450 e. The smallest absolute Gasteiger partial charge is 0.409 e. The molecule has 0 radical (unpaired) electrons. The number of nitrogens with zero attached hydrogens (tertiary/aromatic N) is 4. The van der Waals surface area contributed by atoms with Gasteiger partial charge >= 0.3 is 6.09 Å². The third-order valence-electron chi connectivity index (χ3n) is 4.44. The first-order valence-corrected chi connectivity index (χ1v) is 9.33. The quantitative estimate of drug-likeness (QED) is 0.782. The number of amides is 2. The average Bonchev–Trinajstić information content (AvgIpc) is 2.74. The molecule has 2 amide bonds. The highest BCUT2D eigenvalue weighted by Crippen LogP contribution is 2.15. The SMILES string of the molecule is CCOC(=O)N1CCC(Nc2ncc(C(=O)NCc3cccnc3)cn2)CC1. The fraction of sp³-hybridized carbons (Fsp3) is 0.421. The molecular weight excluding hydrogens is 360 g/mol. The zero-order chi connectivity index (χ0) is 19.8. The van der Waals surface area contributed by atoms with Crippen LogP contribution in [0, 0.1) is 0 Å². The molecule has 0 aliphatic carbocycles. The van der Waals surface area contributed by atoms with Gasteiger partial charge in [-0.3, -0.25) is 9.78 Å². The highest BCUT2D eigenvalue weighted by Gasteiger charge is 2.23. The van der Waals surface area contributed by atoms with Gasteiger partial charge in [-0.15, -0.1) is 0 Å². The summed E-state index contributed by atoms with van der Waals surface area (Å²) >= 11 is 0. The number of likely N-dealkylation sites (tertiary alicyclic amines) is 1. The molecule has 3 rings (SSSR count). The molecule has 3 heterocycles. The second-order valence-corrected chi connectivity index (χ2v) is 6.44. The maximum Gasteiger partial charge on any atom is 0.409 e. The molecule has 0 bridgehead atoms. The predicted molar refractivity (Wildman–Crippen MR) is 103 cm³/mol. The van der Waals surface area contributed by atoms with E-state index in [2.05, 4.69) is 25.6 Å². The average molecular weight is 384 g/mol. The molecule has 1 aliphatic rings. The van der Waals surface area contributed by atoms with Crippen molar-refractivity contribution in [3.8, 4) is 0 Å². The molecule has 28 heavy (non-hydrogen) atoms. The summed E-state index contributed by atoms with van der Waals surface area (Å²) < 4.78 is 5.02. The Labute approximate surface area is 163 Å². The molecule has 0 aromatic carbocycles. The molecule has 1 saturated heterocycles. The number of hydrogen-bond donors (Lipinski definition) is 2. The first-order chi connectivity index (χ1) is 13.7. The number of ether oxygens (including phenoxy) is 1. The van der Waals surface area contributed by atoms with E-state index < -0.39 is 0 Å². The van der Waals surface area contributed by atoms with E-state index in [9.17, 15) is 9.59 Å². The van der Waals surface area contributed by atoms with Gasteiger partial charge < -0.3 is 20.3 Å². The van der Waals surface area contributed by atoms with E-state index in [4.69, 9.17) is 4.74 Å². The first kappa shape index (κ1) is 19.5. The van der Waals surface area contributed by atoms with Gasteiger partial charge in [0.25, 0.3) is 5.91 Å².